The highest BCUT2D eigenvalue weighted by atomic mass is 16.3. The van der Waals surface area contributed by atoms with Gasteiger partial charge in [-0.3, -0.25) is 0 Å². The fraction of sp³-hybridized carbons (Fsp3) is 0.800. The fourth-order valence-electron chi connectivity index (χ4n) is 1.84. The second kappa shape index (κ2) is 3.28. The predicted octanol–water partition coefficient (Wildman–Crippen LogP) is 1.95. The van der Waals surface area contributed by atoms with E-state index in [4.69, 9.17) is 0 Å². The van der Waals surface area contributed by atoms with Gasteiger partial charge in [-0.2, -0.15) is 0 Å². The molecule has 0 heterocycles. The molecule has 0 amide bonds. The van der Waals surface area contributed by atoms with E-state index in [1.165, 1.54) is 12.8 Å². The maximum absolute atomic E-state index is 9.84. The lowest BCUT2D eigenvalue weighted by molar-refractivity contribution is 0.0589. The zero-order chi connectivity index (χ0) is 8.32. The lowest BCUT2D eigenvalue weighted by Crippen LogP contribution is -2.30. The molecule has 1 rings (SSSR count). The summed E-state index contributed by atoms with van der Waals surface area (Å²) in [6.45, 7) is 3.61. The van der Waals surface area contributed by atoms with Crippen LogP contribution in [0.15, 0.2) is 0 Å². The summed E-state index contributed by atoms with van der Waals surface area (Å²) < 4.78 is 0. The van der Waals surface area contributed by atoms with Crippen molar-refractivity contribution in [1.82, 2.24) is 0 Å². The third-order valence-corrected chi connectivity index (χ3v) is 2.53. The van der Waals surface area contributed by atoms with Crippen molar-refractivity contribution in [2.45, 2.75) is 45.1 Å². The third-order valence-electron chi connectivity index (χ3n) is 2.53. The molecule has 0 aromatic heterocycles. The van der Waals surface area contributed by atoms with Gasteiger partial charge in [0.1, 0.15) is 5.60 Å². The first-order valence-corrected chi connectivity index (χ1v) is 4.33. The molecule has 1 atom stereocenters. The first kappa shape index (κ1) is 8.62. The molecule has 1 aliphatic rings. The minimum absolute atomic E-state index is 0.412. The Kier molecular flexibility index (Phi) is 2.57. The van der Waals surface area contributed by atoms with Crippen molar-refractivity contribution in [1.29, 1.82) is 0 Å². The number of hydrogen-bond donors (Lipinski definition) is 1. The van der Waals surface area contributed by atoms with E-state index in [0.717, 1.165) is 12.8 Å². The van der Waals surface area contributed by atoms with Crippen LogP contribution < -0.4 is 0 Å². The van der Waals surface area contributed by atoms with Crippen LogP contribution in [-0.2, 0) is 0 Å². The lowest BCUT2D eigenvalue weighted by atomic mass is 9.88. The molecule has 0 aromatic carbocycles. The minimum atomic E-state index is -0.731. The molecule has 1 fully saturated rings. The van der Waals surface area contributed by atoms with E-state index >= 15 is 0 Å². The van der Waals surface area contributed by atoms with Gasteiger partial charge in [0.25, 0.3) is 0 Å². The summed E-state index contributed by atoms with van der Waals surface area (Å²) in [6, 6.07) is 0. The van der Waals surface area contributed by atoms with E-state index < -0.39 is 5.60 Å². The van der Waals surface area contributed by atoms with Gasteiger partial charge < -0.3 is 5.11 Å². The van der Waals surface area contributed by atoms with Gasteiger partial charge in [-0.05, 0) is 32.6 Å². The predicted molar refractivity (Wildman–Crippen MR) is 46.0 cm³/mol. The summed E-state index contributed by atoms with van der Waals surface area (Å²) in [5.74, 6) is 6.07. The fourth-order valence-corrected chi connectivity index (χ4v) is 1.84. The average molecular weight is 152 g/mol. The van der Waals surface area contributed by atoms with Crippen LogP contribution in [0.25, 0.3) is 0 Å². The molecule has 0 spiro atoms. The Balaban J connectivity index is 2.60. The number of aliphatic hydroxyl groups is 1. The highest BCUT2D eigenvalue weighted by Gasteiger charge is 2.31. The van der Waals surface area contributed by atoms with Crippen molar-refractivity contribution in [2.75, 3.05) is 0 Å². The Morgan fingerprint density at radius 2 is 1.91 bits per heavy atom. The van der Waals surface area contributed by atoms with Crippen molar-refractivity contribution in [2.24, 2.45) is 5.92 Å². The Labute approximate surface area is 68.8 Å². The summed E-state index contributed by atoms with van der Waals surface area (Å²) in [5.41, 5.74) is -0.731. The van der Waals surface area contributed by atoms with Crippen LogP contribution in [0.1, 0.15) is 39.5 Å². The molecule has 62 valence electrons. The molecule has 1 saturated carbocycles. The van der Waals surface area contributed by atoms with Gasteiger partial charge in [0, 0.05) is 0 Å². The highest BCUT2D eigenvalue weighted by Crippen LogP contribution is 2.33. The van der Waals surface area contributed by atoms with Crippen LogP contribution in [0, 0.1) is 17.8 Å². The van der Waals surface area contributed by atoms with E-state index in [9.17, 15) is 5.11 Å². The third kappa shape index (κ3) is 1.97. The molecule has 1 N–H and O–H groups in total. The van der Waals surface area contributed by atoms with Crippen LogP contribution in [0.3, 0.4) is 0 Å². The van der Waals surface area contributed by atoms with E-state index in [2.05, 4.69) is 11.8 Å². The van der Waals surface area contributed by atoms with Crippen LogP contribution in [0.5, 0.6) is 0 Å². The quantitative estimate of drug-likeness (QED) is 0.569. The molecule has 0 saturated heterocycles. The standard InChI is InChI=1S/C10H16O/c1-3-8-10(2,11)9-6-4-5-7-9/h9,11H,4-7H2,1-2H3. The highest BCUT2D eigenvalue weighted by molar-refractivity contribution is 5.13. The van der Waals surface area contributed by atoms with Crippen molar-refractivity contribution in [3.8, 4) is 11.8 Å². The van der Waals surface area contributed by atoms with Crippen molar-refractivity contribution in [3.05, 3.63) is 0 Å². The minimum Gasteiger partial charge on any atom is -0.378 e. The molecule has 1 aliphatic carbocycles. The first-order valence-electron chi connectivity index (χ1n) is 4.33. The van der Waals surface area contributed by atoms with Crippen LogP contribution in [0.4, 0.5) is 0 Å². The molecule has 0 aromatic rings. The van der Waals surface area contributed by atoms with E-state index in [1.54, 1.807) is 6.92 Å². The largest absolute Gasteiger partial charge is 0.378 e. The SMILES string of the molecule is CC#CC(C)(O)C1CCCC1. The molecular weight excluding hydrogens is 136 g/mol. The zero-order valence-corrected chi connectivity index (χ0v) is 7.35. The van der Waals surface area contributed by atoms with Gasteiger partial charge in [0.15, 0.2) is 0 Å². The van der Waals surface area contributed by atoms with Gasteiger partial charge >= 0.3 is 0 Å². The Bertz CT molecular complexity index is 177. The maximum Gasteiger partial charge on any atom is 0.125 e. The van der Waals surface area contributed by atoms with Crippen molar-refractivity contribution < 1.29 is 5.11 Å². The van der Waals surface area contributed by atoms with Gasteiger partial charge in [0.2, 0.25) is 0 Å². The second-order valence-electron chi connectivity index (χ2n) is 3.50. The summed E-state index contributed by atoms with van der Waals surface area (Å²) in [6.07, 6.45) is 4.79. The summed E-state index contributed by atoms with van der Waals surface area (Å²) in [5, 5.41) is 9.84. The summed E-state index contributed by atoms with van der Waals surface area (Å²) in [7, 11) is 0. The number of rotatable bonds is 1. The van der Waals surface area contributed by atoms with Crippen molar-refractivity contribution in [3.63, 3.8) is 0 Å². The molecule has 1 unspecified atom stereocenters. The van der Waals surface area contributed by atoms with E-state index in [1.807, 2.05) is 6.92 Å². The molecule has 1 heteroatoms. The van der Waals surface area contributed by atoms with Gasteiger partial charge in [-0.25, -0.2) is 0 Å². The average Bonchev–Trinajstić information content (AvgIpc) is 2.37. The maximum atomic E-state index is 9.84. The first-order chi connectivity index (χ1) is 5.17. The van der Waals surface area contributed by atoms with Gasteiger partial charge in [-0.1, -0.05) is 18.8 Å². The summed E-state index contributed by atoms with van der Waals surface area (Å²) >= 11 is 0. The molecule has 11 heavy (non-hydrogen) atoms. The zero-order valence-electron chi connectivity index (χ0n) is 7.35. The van der Waals surface area contributed by atoms with Gasteiger partial charge in [-0.15, -0.1) is 5.92 Å². The monoisotopic (exact) mass is 152 g/mol. The summed E-state index contributed by atoms with van der Waals surface area (Å²) in [4.78, 5) is 0. The lowest BCUT2D eigenvalue weighted by Gasteiger charge is -2.23. The Morgan fingerprint density at radius 1 is 1.36 bits per heavy atom. The normalized spacial score (nSPS) is 23.9. The Hall–Kier alpha value is -0.480. The van der Waals surface area contributed by atoms with Crippen LogP contribution in [-0.4, -0.2) is 10.7 Å². The molecule has 0 aliphatic heterocycles. The van der Waals surface area contributed by atoms with Gasteiger partial charge in [0.05, 0.1) is 0 Å². The smallest absolute Gasteiger partial charge is 0.125 e. The molecule has 1 nitrogen and oxygen atoms in total. The molecule has 0 radical (unpaired) electrons. The second-order valence-corrected chi connectivity index (χ2v) is 3.50. The molecular formula is C10H16O. The van der Waals surface area contributed by atoms with Crippen LogP contribution in [0.2, 0.25) is 0 Å². The van der Waals surface area contributed by atoms with Crippen LogP contribution >= 0.6 is 0 Å². The molecule has 0 bridgehead atoms. The van der Waals surface area contributed by atoms with E-state index in [-0.39, 0.29) is 0 Å². The van der Waals surface area contributed by atoms with Crippen molar-refractivity contribution >= 4 is 0 Å². The number of hydrogen-bond acceptors (Lipinski definition) is 1. The van der Waals surface area contributed by atoms with E-state index in [0.29, 0.717) is 5.92 Å². The Morgan fingerprint density at radius 3 is 2.36 bits per heavy atom. The topological polar surface area (TPSA) is 20.2 Å².